The van der Waals surface area contributed by atoms with E-state index in [1.54, 1.807) is 0 Å². The minimum absolute atomic E-state index is 0. The van der Waals surface area contributed by atoms with Gasteiger partial charge in [-0.3, -0.25) is 0 Å². The molecule has 0 bridgehead atoms. The molecular formula is C12H26Cl6N2+2. The average molecular weight is 411 g/mol. The van der Waals surface area contributed by atoms with Crippen molar-refractivity contribution in [1.82, 2.24) is 0 Å². The third-order valence-electron chi connectivity index (χ3n) is 4.33. The lowest BCUT2D eigenvalue weighted by Crippen LogP contribution is -2.68. The van der Waals surface area contributed by atoms with Crippen LogP contribution in [0.15, 0.2) is 0 Å². The van der Waals surface area contributed by atoms with Gasteiger partial charge in [0.1, 0.15) is 26.2 Å². The molecule has 0 aromatic rings. The van der Waals surface area contributed by atoms with Crippen molar-refractivity contribution in [3.05, 3.63) is 0 Å². The van der Waals surface area contributed by atoms with E-state index in [4.69, 9.17) is 46.4 Å². The van der Waals surface area contributed by atoms with E-state index in [1.165, 1.54) is 0 Å². The number of rotatable bonds is 8. The van der Waals surface area contributed by atoms with Crippen LogP contribution in [0.5, 0.6) is 0 Å². The molecule has 0 spiro atoms. The van der Waals surface area contributed by atoms with Crippen LogP contribution in [0.2, 0.25) is 0 Å². The zero-order valence-corrected chi connectivity index (χ0v) is 16.4. The molecule has 1 heterocycles. The highest BCUT2D eigenvalue weighted by molar-refractivity contribution is 6.18. The lowest BCUT2D eigenvalue weighted by Gasteiger charge is -2.49. The Kier molecular flexibility index (Phi) is 14.5. The number of quaternary nitrogens is 2. The highest BCUT2D eigenvalue weighted by Gasteiger charge is 2.40. The first kappa shape index (κ1) is 23.9. The van der Waals surface area contributed by atoms with Gasteiger partial charge < -0.3 is 8.97 Å². The first-order valence-electron chi connectivity index (χ1n) is 6.60. The fraction of sp³-hybridized carbons (Fsp3) is 1.00. The molecule has 124 valence electrons. The summed E-state index contributed by atoms with van der Waals surface area (Å²) in [6, 6.07) is 0. The molecule has 0 amide bonds. The second-order valence-electron chi connectivity index (χ2n) is 5.23. The van der Waals surface area contributed by atoms with Crippen molar-refractivity contribution in [2.45, 2.75) is 0 Å². The van der Waals surface area contributed by atoms with E-state index < -0.39 is 0 Å². The van der Waals surface area contributed by atoms with Crippen LogP contribution in [-0.2, 0) is 0 Å². The lowest BCUT2D eigenvalue weighted by atomic mass is 10.2. The molecule has 1 rings (SSSR count). The lowest BCUT2D eigenvalue weighted by molar-refractivity contribution is -1.03. The molecule has 0 aliphatic carbocycles. The Hall–Kier alpha value is 1.66. The van der Waals surface area contributed by atoms with E-state index >= 15 is 0 Å². The number of halogens is 6. The summed E-state index contributed by atoms with van der Waals surface area (Å²) < 4.78 is 2.13. The summed E-state index contributed by atoms with van der Waals surface area (Å²) in [5.74, 6) is 2.84. The number of piperazine rings is 1. The smallest absolute Gasteiger partial charge is 0.129 e. The molecule has 0 saturated carbocycles. The molecule has 0 N–H and O–H groups in total. The number of hydrogen-bond donors (Lipinski definition) is 0. The Labute approximate surface area is 155 Å². The second kappa shape index (κ2) is 12.1. The predicted molar refractivity (Wildman–Crippen MR) is 96.8 cm³/mol. The quantitative estimate of drug-likeness (QED) is 0.424. The van der Waals surface area contributed by atoms with Crippen LogP contribution in [0, 0.1) is 0 Å². The monoisotopic (exact) mass is 408 g/mol. The molecule has 0 radical (unpaired) electrons. The fourth-order valence-electron chi connectivity index (χ4n) is 2.91. The minimum atomic E-state index is 0. The summed E-state index contributed by atoms with van der Waals surface area (Å²) in [6.45, 7) is 8.68. The molecule has 0 aromatic heterocycles. The summed E-state index contributed by atoms with van der Waals surface area (Å²) in [6.07, 6.45) is 0. The third-order valence-corrected chi connectivity index (χ3v) is 5.01. The van der Waals surface area contributed by atoms with E-state index in [-0.39, 0.29) is 24.8 Å². The highest BCUT2D eigenvalue weighted by atomic mass is 35.5. The van der Waals surface area contributed by atoms with E-state index in [9.17, 15) is 0 Å². The molecule has 0 unspecified atom stereocenters. The molecular weight excluding hydrogens is 385 g/mol. The largest absolute Gasteiger partial charge is 0.312 e. The van der Waals surface area contributed by atoms with Gasteiger partial charge in [0.15, 0.2) is 0 Å². The van der Waals surface area contributed by atoms with Gasteiger partial charge in [0, 0.05) is 0 Å². The van der Waals surface area contributed by atoms with Gasteiger partial charge in [-0.25, -0.2) is 0 Å². The normalized spacial score (nSPS) is 19.8. The van der Waals surface area contributed by atoms with Gasteiger partial charge >= 0.3 is 0 Å². The molecule has 1 saturated heterocycles. The number of alkyl halides is 4. The zero-order valence-electron chi connectivity index (χ0n) is 11.7. The summed E-state index contributed by atoms with van der Waals surface area (Å²) in [5, 5.41) is 0. The molecule has 20 heavy (non-hydrogen) atoms. The van der Waals surface area contributed by atoms with Crippen LogP contribution >= 0.6 is 71.2 Å². The fourth-order valence-corrected chi connectivity index (χ4v) is 4.34. The van der Waals surface area contributed by atoms with Crippen LogP contribution in [0.3, 0.4) is 0 Å². The third kappa shape index (κ3) is 6.83. The maximum Gasteiger partial charge on any atom is 0.129 e. The number of nitrogens with zero attached hydrogens (tertiary/aromatic N) is 2. The highest BCUT2D eigenvalue weighted by Crippen LogP contribution is 2.20. The first-order chi connectivity index (χ1) is 8.66. The van der Waals surface area contributed by atoms with Crippen molar-refractivity contribution in [3.63, 3.8) is 0 Å². The van der Waals surface area contributed by atoms with Crippen LogP contribution in [0.25, 0.3) is 0 Å². The van der Waals surface area contributed by atoms with Crippen molar-refractivity contribution < 1.29 is 8.97 Å². The Bertz CT molecular complexity index is 194. The summed E-state index contributed by atoms with van der Waals surface area (Å²) in [5.41, 5.74) is 0. The van der Waals surface area contributed by atoms with Crippen molar-refractivity contribution in [3.8, 4) is 0 Å². The van der Waals surface area contributed by atoms with E-state index in [1.807, 2.05) is 0 Å². The molecule has 1 aliphatic rings. The molecule has 2 nitrogen and oxygen atoms in total. The zero-order chi connectivity index (χ0) is 13.5. The van der Waals surface area contributed by atoms with E-state index in [0.717, 1.165) is 61.3 Å². The second-order valence-corrected chi connectivity index (χ2v) is 6.74. The van der Waals surface area contributed by atoms with Crippen LogP contribution in [0.4, 0.5) is 0 Å². The Morgan fingerprint density at radius 1 is 0.500 bits per heavy atom. The van der Waals surface area contributed by atoms with Gasteiger partial charge in [-0.2, -0.15) is 0 Å². The summed E-state index contributed by atoms with van der Waals surface area (Å²) in [4.78, 5) is 0. The van der Waals surface area contributed by atoms with Crippen molar-refractivity contribution in [2.75, 3.05) is 75.9 Å². The predicted octanol–water partition coefficient (Wildman–Crippen LogP) is 3.43. The summed E-state index contributed by atoms with van der Waals surface area (Å²) in [7, 11) is 0. The maximum atomic E-state index is 5.95. The molecule has 8 heteroatoms. The summed E-state index contributed by atoms with van der Waals surface area (Å²) >= 11 is 23.8. The van der Waals surface area contributed by atoms with Gasteiger partial charge in [0.2, 0.25) is 0 Å². The molecule has 1 fully saturated rings. The first-order valence-corrected chi connectivity index (χ1v) is 8.74. The van der Waals surface area contributed by atoms with Gasteiger partial charge in [-0.05, 0) is 0 Å². The average Bonchev–Trinajstić information content (AvgIpc) is 2.35. The van der Waals surface area contributed by atoms with Gasteiger partial charge in [0.05, 0.1) is 49.7 Å². The van der Waals surface area contributed by atoms with E-state index in [0.29, 0.717) is 23.5 Å². The van der Waals surface area contributed by atoms with E-state index in [2.05, 4.69) is 0 Å². The topological polar surface area (TPSA) is 0 Å². The van der Waals surface area contributed by atoms with Gasteiger partial charge in [-0.1, -0.05) is 0 Å². The minimum Gasteiger partial charge on any atom is -0.312 e. The van der Waals surface area contributed by atoms with Crippen LogP contribution in [-0.4, -0.2) is 84.8 Å². The van der Waals surface area contributed by atoms with Crippen molar-refractivity contribution in [1.29, 1.82) is 0 Å². The molecule has 1 aliphatic heterocycles. The van der Waals surface area contributed by atoms with Crippen molar-refractivity contribution in [2.24, 2.45) is 0 Å². The standard InChI is InChI=1S/C12H24Cl4N2.2ClH/c13-1-5-17(6-2-14)9-11-18(7-3-15,8-4-16)12-10-17;;/h1-12H2;2*1H/q+2;;. The van der Waals surface area contributed by atoms with Crippen molar-refractivity contribution >= 4 is 71.2 Å². The van der Waals surface area contributed by atoms with Crippen LogP contribution in [0.1, 0.15) is 0 Å². The van der Waals surface area contributed by atoms with Gasteiger partial charge in [0.25, 0.3) is 0 Å². The van der Waals surface area contributed by atoms with Crippen LogP contribution < -0.4 is 0 Å². The maximum absolute atomic E-state index is 5.95. The Morgan fingerprint density at radius 2 is 0.700 bits per heavy atom. The molecule has 0 aromatic carbocycles. The Balaban J connectivity index is 0. The van der Waals surface area contributed by atoms with Gasteiger partial charge in [-0.15, -0.1) is 71.2 Å². The number of hydrogen-bond acceptors (Lipinski definition) is 0. The SMILES string of the molecule is Cl.Cl.ClCC[N+]1(CCCl)CC[N+](CCCl)(CCCl)CC1. The molecule has 0 atom stereocenters. The Morgan fingerprint density at radius 3 is 0.850 bits per heavy atom.